The summed E-state index contributed by atoms with van der Waals surface area (Å²) in [6.45, 7) is 1.41. The number of urea groups is 1. The van der Waals surface area contributed by atoms with Gasteiger partial charge in [0.1, 0.15) is 12.4 Å². The zero-order valence-electron chi connectivity index (χ0n) is 18.4. The molecule has 2 heterocycles. The van der Waals surface area contributed by atoms with Crippen LogP contribution in [0, 0.1) is 5.92 Å². The Balaban J connectivity index is 1.60. The van der Waals surface area contributed by atoms with E-state index in [1.54, 1.807) is 22.5 Å². The number of fused-ring (bicyclic) bond motifs is 1. The highest BCUT2D eigenvalue weighted by Crippen LogP contribution is 2.34. The van der Waals surface area contributed by atoms with E-state index < -0.39 is 29.6 Å². The summed E-state index contributed by atoms with van der Waals surface area (Å²) >= 11 is 0. The standard InChI is InChI=1S/C23H26F3N3O5/c24-23(25,26)17-2-1-3-19(13-17)29(18-6-9-33-10-7-18)22(31)28-8-11-34-20-12-15(21(30)27-32)4-5-16(20)14-28/h1-3,5,12-13,15,18,32H,4,6-11,14H2,(H,27,30). The van der Waals surface area contributed by atoms with Crippen LogP contribution in [0.5, 0.6) is 0 Å². The molecular weight excluding hydrogens is 455 g/mol. The predicted molar refractivity (Wildman–Crippen MR) is 115 cm³/mol. The molecule has 0 saturated carbocycles. The van der Waals surface area contributed by atoms with Crippen LogP contribution in [0.15, 0.2) is 47.7 Å². The topological polar surface area (TPSA) is 91.3 Å². The zero-order valence-corrected chi connectivity index (χ0v) is 18.4. The van der Waals surface area contributed by atoms with Crippen LogP contribution in [-0.4, -0.2) is 61.0 Å². The lowest BCUT2D eigenvalue weighted by atomic mass is 9.94. The maximum Gasteiger partial charge on any atom is 0.416 e. The molecule has 1 aromatic rings. The molecule has 2 N–H and O–H groups in total. The van der Waals surface area contributed by atoms with Gasteiger partial charge in [-0.05, 0) is 43.5 Å². The molecule has 2 saturated heterocycles. The van der Waals surface area contributed by atoms with Crippen molar-refractivity contribution in [1.29, 1.82) is 0 Å². The second-order valence-electron chi connectivity index (χ2n) is 8.39. The van der Waals surface area contributed by atoms with E-state index in [0.29, 0.717) is 43.8 Å². The summed E-state index contributed by atoms with van der Waals surface area (Å²) in [4.78, 5) is 28.5. The SMILES string of the molecule is O=C(NO)C1C=C2OCCN(C(=O)N(c3cccc(C(F)(F)F)c3)C3CCOCC3)CC2=CC1. The Labute approximate surface area is 194 Å². The molecule has 0 aromatic heterocycles. The van der Waals surface area contributed by atoms with E-state index in [1.165, 1.54) is 17.0 Å². The first-order chi connectivity index (χ1) is 16.3. The Bertz CT molecular complexity index is 988. The molecule has 11 heteroatoms. The van der Waals surface area contributed by atoms with Gasteiger partial charge in [0, 0.05) is 30.5 Å². The number of anilines is 1. The van der Waals surface area contributed by atoms with Crippen molar-refractivity contribution in [3.63, 3.8) is 0 Å². The van der Waals surface area contributed by atoms with Crippen molar-refractivity contribution in [3.05, 3.63) is 53.3 Å². The molecule has 0 radical (unpaired) electrons. The number of halogens is 3. The molecule has 2 fully saturated rings. The minimum absolute atomic E-state index is 0.159. The highest BCUT2D eigenvalue weighted by atomic mass is 19.4. The molecule has 1 aliphatic carbocycles. The molecule has 2 aliphatic heterocycles. The van der Waals surface area contributed by atoms with Crippen molar-refractivity contribution < 1.29 is 37.4 Å². The number of hydroxylamine groups is 1. The van der Waals surface area contributed by atoms with Crippen LogP contribution < -0.4 is 10.4 Å². The third-order valence-corrected chi connectivity index (χ3v) is 6.20. The quantitative estimate of drug-likeness (QED) is 0.510. The second-order valence-corrected chi connectivity index (χ2v) is 8.39. The number of carbonyl (C=O) groups excluding carboxylic acids is 2. The molecule has 0 bridgehead atoms. The van der Waals surface area contributed by atoms with Gasteiger partial charge in [-0.25, -0.2) is 10.3 Å². The summed E-state index contributed by atoms with van der Waals surface area (Å²) < 4.78 is 51.3. The predicted octanol–water partition coefficient (Wildman–Crippen LogP) is 3.48. The zero-order chi connectivity index (χ0) is 24.3. The summed E-state index contributed by atoms with van der Waals surface area (Å²) in [5.41, 5.74) is 1.71. The summed E-state index contributed by atoms with van der Waals surface area (Å²) in [6.07, 6.45) is 0.215. The van der Waals surface area contributed by atoms with Crippen molar-refractivity contribution in [1.82, 2.24) is 10.4 Å². The Morgan fingerprint density at radius 3 is 2.65 bits per heavy atom. The van der Waals surface area contributed by atoms with E-state index in [0.717, 1.165) is 12.1 Å². The third kappa shape index (κ3) is 5.20. The van der Waals surface area contributed by atoms with Crippen LogP contribution in [0.25, 0.3) is 0 Å². The molecule has 0 spiro atoms. The maximum absolute atomic E-state index is 13.7. The van der Waals surface area contributed by atoms with Crippen molar-refractivity contribution in [3.8, 4) is 0 Å². The fraction of sp³-hybridized carbons (Fsp3) is 0.478. The average Bonchev–Trinajstić information content (AvgIpc) is 3.06. The number of hydrogen-bond donors (Lipinski definition) is 2. The van der Waals surface area contributed by atoms with Crippen molar-refractivity contribution in [2.24, 2.45) is 5.92 Å². The van der Waals surface area contributed by atoms with Crippen LogP contribution in [0.1, 0.15) is 24.8 Å². The molecule has 34 heavy (non-hydrogen) atoms. The number of ether oxygens (including phenoxy) is 2. The normalized spacial score (nSPS) is 21.4. The van der Waals surface area contributed by atoms with Gasteiger partial charge in [-0.1, -0.05) is 12.1 Å². The summed E-state index contributed by atoms with van der Waals surface area (Å²) in [7, 11) is 0. The second kappa shape index (κ2) is 10.1. The van der Waals surface area contributed by atoms with Gasteiger partial charge in [-0.15, -0.1) is 0 Å². The molecule has 3 amide bonds. The van der Waals surface area contributed by atoms with Crippen LogP contribution in [-0.2, 0) is 20.4 Å². The van der Waals surface area contributed by atoms with E-state index in [9.17, 15) is 22.8 Å². The first-order valence-electron chi connectivity index (χ1n) is 11.1. The van der Waals surface area contributed by atoms with Crippen molar-refractivity contribution >= 4 is 17.6 Å². The lowest BCUT2D eigenvalue weighted by molar-refractivity contribution is -0.137. The van der Waals surface area contributed by atoms with Crippen molar-refractivity contribution in [2.45, 2.75) is 31.5 Å². The molecule has 1 aromatic carbocycles. The molecule has 1 unspecified atom stereocenters. The van der Waals surface area contributed by atoms with E-state index in [4.69, 9.17) is 14.7 Å². The largest absolute Gasteiger partial charge is 0.492 e. The Hall–Kier alpha value is -3.05. The summed E-state index contributed by atoms with van der Waals surface area (Å²) in [6, 6.07) is 4.10. The highest BCUT2D eigenvalue weighted by molar-refractivity contribution is 5.93. The van der Waals surface area contributed by atoms with Gasteiger partial charge in [0.05, 0.1) is 24.6 Å². The van der Waals surface area contributed by atoms with E-state index in [-0.39, 0.29) is 31.4 Å². The van der Waals surface area contributed by atoms with Crippen LogP contribution >= 0.6 is 0 Å². The number of allylic oxidation sites excluding steroid dienone is 1. The Kier molecular flexibility index (Phi) is 7.13. The van der Waals surface area contributed by atoms with E-state index >= 15 is 0 Å². The van der Waals surface area contributed by atoms with E-state index in [1.807, 2.05) is 0 Å². The lowest BCUT2D eigenvalue weighted by Gasteiger charge is -2.37. The summed E-state index contributed by atoms with van der Waals surface area (Å²) in [5, 5.41) is 8.89. The minimum Gasteiger partial charge on any atom is -0.492 e. The van der Waals surface area contributed by atoms with E-state index in [2.05, 4.69) is 0 Å². The number of benzene rings is 1. The number of amides is 3. The first-order valence-corrected chi connectivity index (χ1v) is 11.1. The Morgan fingerprint density at radius 1 is 1.18 bits per heavy atom. The fourth-order valence-electron chi connectivity index (χ4n) is 4.40. The number of hydrogen-bond acceptors (Lipinski definition) is 5. The minimum atomic E-state index is -4.53. The van der Waals surface area contributed by atoms with Crippen LogP contribution in [0.3, 0.4) is 0 Å². The van der Waals surface area contributed by atoms with Gasteiger partial charge in [0.15, 0.2) is 0 Å². The third-order valence-electron chi connectivity index (χ3n) is 6.20. The van der Waals surface area contributed by atoms with Gasteiger partial charge < -0.3 is 14.4 Å². The maximum atomic E-state index is 13.7. The monoisotopic (exact) mass is 481 g/mol. The first kappa shape index (κ1) is 24.1. The fourth-order valence-corrected chi connectivity index (χ4v) is 4.40. The van der Waals surface area contributed by atoms with Crippen LogP contribution in [0.4, 0.5) is 23.7 Å². The molecule has 8 nitrogen and oxygen atoms in total. The highest BCUT2D eigenvalue weighted by Gasteiger charge is 2.36. The Morgan fingerprint density at radius 2 is 1.94 bits per heavy atom. The van der Waals surface area contributed by atoms with Gasteiger partial charge >= 0.3 is 12.2 Å². The van der Waals surface area contributed by atoms with Gasteiger partial charge in [0.25, 0.3) is 5.91 Å². The lowest BCUT2D eigenvalue weighted by Crippen LogP contribution is -2.51. The number of carbonyl (C=O) groups is 2. The molecule has 184 valence electrons. The van der Waals surface area contributed by atoms with Gasteiger partial charge in [0.2, 0.25) is 0 Å². The van der Waals surface area contributed by atoms with Crippen LogP contribution in [0.2, 0.25) is 0 Å². The smallest absolute Gasteiger partial charge is 0.416 e. The number of alkyl halides is 3. The molecule has 1 atom stereocenters. The van der Waals surface area contributed by atoms with Crippen molar-refractivity contribution in [2.75, 3.05) is 37.8 Å². The van der Waals surface area contributed by atoms with Gasteiger partial charge in [-0.3, -0.25) is 14.9 Å². The summed E-state index contributed by atoms with van der Waals surface area (Å²) in [5.74, 6) is -0.680. The van der Waals surface area contributed by atoms with Gasteiger partial charge in [-0.2, -0.15) is 13.2 Å². The number of rotatable bonds is 3. The average molecular weight is 481 g/mol. The molecule has 3 aliphatic rings. The number of nitrogens with zero attached hydrogens (tertiary/aromatic N) is 2. The molecular formula is C23H26F3N3O5. The molecule has 4 rings (SSSR count). The number of nitrogens with one attached hydrogen (secondary N) is 1.